The SMILES string of the molecule is ClC1CCC12CCCCC2. The van der Waals surface area contributed by atoms with Gasteiger partial charge < -0.3 is 0 Å². The van der Waals surface area contributed by atoms with Crippen LogP contribution < -0.4 is 0 Å². The van der Waals surface area contributed by atoms with Gasteiger partial charge in [0.05, 0.1) is 0 Å². The van der Waals surface area contributed by atoms with E-state index in [1.807, 2.05) is 0 Å². The molecule has 1 spiro atoms. The Morgan fingerprint density at radius 2 is 1.70 bits per heavy atom. The second kappa shape index (κ2) is 2.41. The molecule has 0 aromatic carbocycles. The Hall–Kier alpha value is 0.290. The van der Waals surface area contributed by atoms with Gasteiger partial charge in [-0.1, -0.05) is 19.3 Å². The van der Waals surface area contributed by atoms with Crippen LogP contribution in [0.3, 0.4) is 0 Å². The smallest absolute Gasteiger partial charge is 0.0392 e. The van der Waals surface area contributed by atoms with Gasteiger partial charge in [0.2, 0.25) is 0 Å². The molecule has 0 heterocycles. The number of alkyl halides is 1. The Morgan fingerprint density at radius 1 is 1.00 bits per heavy atom. The maximum absolute atomic E-state index is 6.18. The molecule has 0 amide bonds. The first-order chi connectivity index (χ1) is 4.83. The highest BCUT2D eigenvalue weighted by molar-refractivity contribution is 6.21. The van der Waals surface area contributed by atoms with E-state index >= 15 is 0 Å². The first-order valence-electron chi connectivity index (χ1n) is 4.48. The highest BCUT2D eigenvalue weighted by Gasteiger charge is 2.45. The second-order valence-electron chi connectivity index (χ2n) is 3.93. The highest BCUT2D eigenvalue weighted by atomic mass is 35.5. The standard InChI is InChI=1S/C9H15Cl/c10-8-4-7-9(8)5-2-1-3-6-9/h8H,1-7H2. The summed E-state index contributed by atoms with van der Waals surface area (Å²) >= 11 is 6.18. The van der Waals surface area contributed by atoms with Gasteiger partial charge >= 0.3 is 0 Å². The van der Waals surface area contributed by atoms with Crippen molar-refractivity contribution in [3.8, 4) is 0 Å². The summed E-state index contributed by atoms with van der Waals surface area (Å²) in [6.07, 6.45) is 9.85. The minimum atomic E-state index is 0.535. The van der Waals surface area contributed by atoms with E-state index in [4.69, 9.17) is 11.6 Å². The van der Waals surface area contributed by atoms with Crippen LogP contribution in [-0.2, 0) is 0 Å². The lowest BCUT2D eigenvalue weighted by atomic mass is 9.60. The van der Waals surface area contributed by atoms with E-state index in [0.717, 1.165) is 0 Å². The lowest BCUT2D eigenvalue weighted by Gasteiger charge is -2.49. The van der Waals surface area contributed by atoms with E-state index < -0.39 is 0 Å². The summed E-state index contributed by atoms with van der Waals surface area (Å²) in [5, 5.41) is 0.535. The number of hydrogen-bond donors (Lipinski definition) is 0. The molecule has 2 aliphatic rings. The molecule has 0 nitrogen and oxygen atoms in total. The molecule has 58 valence electrons. The van der Waals surface area contributed by atoms with E-state index in [2.05, 4.69) is 0 Å². The summed E-state index contributed by atoms with van der Waals surface area (Å²) in [6, 6.07) is 0. The quantitative estimate of drug-likeness (QED) is 0.475. The van der Waals surface area contributed by atoms with Crippen molar-refractivity contribution in [2.75, 3.05) is 0 Å². The van der Waals surface area contributed by atoms with Gasteiger partial charge in [-0.15, -0.1) is 11.6 Å². The van der Waals surface area contributed by atoms with Crippen LogP contribution in [0, 0.1) is 5.41 Å². The molecular weight excluding hydrogens is 144 g/mol. The Kier molecular flexibility index (Phi) is 1.68. The van der Waals surface area contributed by atoms with Crippen LogP contribution in [0.1, 0.15) is 44.9 Å². The molecule has 0 aromatic rings. The van der Waals surface area contributed by atoms with Crippen LogP contribution in [0.25, 0.3) is 0 Å². The first-order valence-corrected chi connectivity index (χ1v) is 4.91. The van der Waals surface area contributed by atoms with E-state index in [1.165, 1.54) is 44.9 Å². The molecule has 0 saturated heterocycles. The van der Waals surface area contributed by atoms with E-state index in [-0.39, 0.29) is 0 Å². The van der Waals surface area contributed by atoms with Crippen LogP contribution in [0.5, 0.6) is 0 Å². The molecule has 1 unspecified atom stereocenters. The predicted molar refractivity (Wildman–Crippen MR) is 44.4 cm³/mol. The van der Waals surface area contributed by atoms with Crippen molar-refractivity contribution in [2.24, 2.45) is 5.41 Å². The minimum absolute atomic E-state index is 0.535. The largest absolute Gasteiger partial charge is 0.122 e. The van der Waals surface area contributed by atoms with E-state index in [0.29, 0.717) is 10.8 Å². The van der Waals surface area contributed by atoms with Crippen molar-refractivity contribution < 1.29 is 0 Å². The maximum Gasteiger partial charge on any atom is 0.0392 e. The van der Waals surface area contributed by atoms with E-state index in [9.17, 15) is 0 Å². The summed E-state index contributed by atoms with van der Waals surface area (Å²) in [5.74, 6) is 0. The lowest BCUT2D eigenvalue weighted by molar-refractivity contribution is 0.0845. The van der Waals surface area contributed by atoms with Gasteiger partial charge in [-0.2, -0.15) is 0 Å². The number of halogens is 1. The molecule has 0 bridgehead atoms. The molecule has 2 aliphatic carbocycles. The maximum atomic E-state index is 6.18. The van der Waals surface area contributed by atoms with Gasteiger partial charge in [0.25, 0.3) is 0 Å². The molecule has 0 radical (unpaired) electrons. The normalized spacial score (nSPS) is 37.5. The highest BCUT2D eigenvalue weighted by Crippen LogP contribution is 2.54. The summed E-state index contributed by atoms with van der Waals surface area (Å²) in [4.78, 5) is 0. The topological polar surface area (TPSA) is 0 Å². The molecule has 1 atom stereocenters. The lowest BCUT2D eigenvalue weighted by Crippen LogP contribution is -2.42. The number of hydrogen-bond acceptors (Lipinski definition) is 0. The molecule has 2 rings (SSSR count). The molecule has 2 fully saturated rings. The van der Waals surface area contributed by atoms with Crippen molar-refractivity contribution in [3.05, 3.63) is 0 Å². The molecule has 0 N–H and O–H groups in total. The zero-order chi connectivity index (χ0) is 7.03. The van der Waals surface area contributed by atoms with Crippen molar-refractivity contribution in [1.29, 1.82) is 0 Å². The minimum Gasteiger partial charge on any atom is -0.122 e. The molecule has 0 aliphatic heterocycles. The summed E-state index contributed by atoms with van der Waals surface area (Å²) < 4.78 is 0. The van der Waals surface area contributed by atoms with E-state index in [1.54, 1.807) is 0 Å². The molecular formula is C9H15Cl. The van der Waals surface area contributed by atoms with Crippen molar-refractivity contribution in [1.82, 2.24) is 0 Å². The van der Waals surface area contributed by atoms with Gasteiger partial charge in [0.15, 0.2) is 0 Å². The zero-order valence-corrected chi connectivity index (χ0v) is 7.16. The van der Waals surface area contributed by atoms with Gasteiger partial charge in [-0.05, 0) is 31.1 Å². The Balaban J connectivity index is 1.99. The van der Waals surface area contributed by atoms with Gasteiger partial charge in [-0.25, -0.2) is 0 Å². The van der Waals surface area contributed by atoms with Crippen LogP contribution in [-0.4, -0.2) is 5.38 Å². The third-order valence-electron chi connectivity index (χ3n) is 3.41. The van der Waals surface area contributed by atoms with Crippen LogP contribution in [0.4, 0.5) is 0 Å². The molecule has 0 aromatic heterocycles. The average Bonchev–Trinajstić information content (AvgIpc) is 2.04. The fraction of sp³-hybridized carbons (Fsp3) is 1.00. The third kappa shape index (κ3) is 0.887. The average molecular weight is 159 g/mol. The van der Waals surface area contributed by atoms with Gasteiger partial charge in [0, 0.05) is 5.38 Å². The summed E-state index contributed by atoms with van der Waals surface area (Å²) in [7, 11) is 0. The monoisotopic (exact) mass is 158 g/mol. The Bertz CT molecular complexity index is 125. The Morgan fingerprint density at radius 3 is 2.00 bits per heavy atom. The van der Waals surface area contributed by atoms with Crippen molar-refractivity contribution in [2.45, 2.75) is 50.3 Å². The van der Waals surface area contributed by atoms with Crippen LogP contribution in [0.2, 0.25) is 0 Å². The number of rotatable bonds is 0. The van der Waals surface area contributed by atoms with Crippen LogP contribution >= 0.6 is 11.6 Å². The van der Waals surface area contributed by atoms with Crippen LogP contribution in [0.15, 0.2) is 0 Å². The molecule has 1 heteroatoms. The predicted octanol–water partition coefficient (Wildman–Crippen LogP) is 3.34. The molecule has 2 saturated carbocycles. The Labute approximate surface area is 68.0 Å². The van der Waals surface area contributed by atoms with Crippen molar-refractivity contribution in [3.63, 3.8) is 0 Å². The first kappa shape index (κ1) is 6.97. The van der Waals surface area contributed by atoms with Gasteiger partial charge in [-0.3, -0.25) is 0 Å². The summed E-state index contributed by atoms with van der Waals surface area (Å²) in [6.45, 7) is 0. The fourth-order valence-corrected chi connectivity index (χ4v) is 2.92. The summed E-state index contributed by atoms with van der Waals surface area (Å²) in [5.41, 5.74) is 0.625. The molecule has 10 heavy (non-hydrogen) atoms. The fourth-order valence-electron chi connectivity index (χ4n) is 2.48. The third-order valence-corrected chi connectivity index (χ3v) is 4.09. The van der Waals surface area contributed by atoms with Crippen molar-refractivity contribution >= 4 is 11.6 Å². The van der Waals surface area contributed by atoms with Gasteiger partial charge in [0.1, 0.15) is 0 Å². The zero-order valence-electron chi connectivity index (χ0n) is 6.41. The second-order valence-corrected chi connectivity index (χ2v) is 4.46.